The first kappa shape index (κ1) is 16.0. The lowest BCUT2D eigenvalue weighted by atomic mass is 9.88. The van der Waals surface area contributed by atoms with Crippen molar-refractivity contribution in [2.45, 2.75) is 46.6 Å². The number of alkyl halides is 1. The molecular formula is C14H24ClN3O. The van der Waals surface area contributed by atoms with Gasteiger partial charge < -0.3 is 9.88 Å². The van der Waals surface area contributed by atoms with Gasteiger partial charge in [0.25, 0.3) is 5.56 Å². The predicted octanol–water partition coefficient (Wildman–Crippen LogP) is 3.11. The summed E-state index contributed by atoms with van der Waals surface area (Å²) >= 11 is 5.72. The van der Waals surface area contributed by atoms with Gasteiger partial charge in [-0.1, -0.05) is 20.8 Å². The molecule has 0 atom stereocenters. The van der Waals surface area contributed by atoms with Crippen LogP contribution in [-0.2, 0) is 6.54 Å². The zero-order chi connectivity index (χ0) is 14.3. The van der Waals surface area contributed by atoms with Crippen LogP contribution in [0.4, 0.5) is 5.82 Å². The van der Waals surface area contributed by atoms with E-state index in [2.05, 4.69) is 31.1 Å². The number of nitrogens with zero attached hydrogens (tertiary/aromatic N) is 2. The quantitative estimate of drug-likeness (QED) is 0.747. The fourth-order valence-electron chi connectivity index (χ4n) is 1.94. The van der Waals surface area contributed by atoms with Gasteiger partial charge in [-0.2, -0.15) is 0 Å². The Hall–Kier alpha value is -1.03. The van der Waals surface area contributed by atoms with E-state index in [1.165, 1.54) is 0 Å². The Labute approximate surface area is 120 Å². The summed E-state index contributed by atoms with van der Waals surface area (Å²) in [5.41, 5.74) is 0.0616. The largest absolute Gasteiger partial charge is 0.365 e. The van der Waals surface area contributed by atoms with Crippen LogP contribution in [0.15, 0.2) is 17.2 Å². The summed E-state index contributed by atoms with van der Waals surface area (Å²) in [6, 6.07) is 0. The molecule has 1 N–H and O–H groups in total. The van der Waals surface area contributed by atoms with Crippen molar-refractivity contribution in [2.75, 3.05) is 17.7 Å². The van der Waals surface area contributed by atoms with Crippen LogP contribution in [0.2, 0.25) is 0 Å². The highest BCUT2D eigenvalue weighted by atomic mass is 35.5. The molecule has 1 heterocycles. The minimum absolute atomic E-state index is 0.0440. The van der Waals surface area contributed by atoms with Crippen LogP contribution in [0, 0.1) is 5.41 Å². The summed E-state index contributed by atoms with van der Waals surface area (Å²) in [4.78, 5) is 16.2. The normalized spacial score (nSPS) is 11.6. The highest BCUT2D eigenvalue weighted by molar-refractivity contribution is 6.17. The van der Waals surface area contributed by atoms with Crippen molar-refractivity contribution < 1.29 is 0 Å². The van der Waals surface area contributed by atoms with Crippen molar-refractivity contribution in [1.29, 1.82) is 0 Å². The first-order chi connectivity index (χ1) is 9.00. The van der Waals surface area contributed by atoms with E-state index in [1.54, 1.807) is 17.0 Å². The molecule has 1 aromatic rings. The molecule has 0 unspecified atom stereocenters. The molecule has 5 heteroatoms. The molecule has 0 aromatic carbocycles. The number of hydrogen-bond acceptors (Lipinski definition) is 3. The second-order valence-electron chi connectivity index (χ2n) is 5.58. The van der Waals surface area contributed by atoms with Gasteiger partial charge in [0.2, 0.25) is 0 Å². The van der Waals surface area contributed by atoms with Gasteiger partial charge >= 0.3 is 0 Å². The zero-order valence-corrected chi connectivity index (χ0v) is 12.8. The van der Waals surface area contributed by atoms with E-state index in [9.17, 15) is 4.79 Å². The van der Waals surface area contributed by atoms with Crippen LogP contribution in [-0.4, -0.2) is 22.0 Å². The monoisotopic (exact) mass is 285 g/mol. The van der Waals surface area contributed by atoms with E-state index < -0.39 is 0 Å². The molecule has 0 aliphatic heterocycles. The summed E-state index contributed by atoms with van der Waals surface area (Å²) in [6.45, 7) is 7.84. The van der Waals surface area contributed by atoms with Gasteiger partial charge in [-0.15, -0.1) is 11.6 Å². The van der Waals surface area contributed by atoms with Crippen molar-refractivity contribution in [3.63, 3.8) is 0 Å². The SMILES string of the molecule is CCCn1ccnc(NCC(C)(C)CCCCl)c1=O. The molecule has 0 aliphatic carbocycles. The number of halogens is 1. The molecule has 0 saturated carbocycles. The molecule has 19 heavy (non-hydrogen) atoms. The Kier molecular flexibility index (Phi) is 6.35. The third kappa shape index (κ3) is 5.23. The van der Waals surface area contributed by atoms with Crippen molar-refractivity contribution >= 4 is 17.4 Å². The van der Waals surface area contributed by atoms with Crippen molar-refractivity contribution in [1.82, 2.24) is 9.55 Å². The average molecular weight is 286 g/mol. The summed E-state index contributed by atoms with van der Waals surface area (Å²) < 4.78 is 1.70. The first-order valence-electron chi connectivity index (χ1n) is 6.85. The molecular weight excluding hydrogens is 262 g/mol. The molecule has 0 bridgehead atoms. The Morgan fingerprint density at radius 3 is 2.84 bits per heavy atom. The third-order valence-corrected chi connectivity index (χ3v) is 3.37. The summed E-state index contributed by atoms with van der Waals surface area (Å²) in [6.07, 6.45) is 6.35. The molecule has 108 valence electrons. The van der Waals surface area contributed by atoms with Gasteiger partial charge in [-0.25, -0.2) is 4.98 Å². The van der Waals surface area contributed by atoms with Gasteiger partial charge in [0, 0.05) is 31.4 Å². The Balaban J connectivity index is 2.67. The highest BCUT2D eigenvalue weighted by Gasteiger charge is 2.18. The van der Waals surface area contributed by atoms with Crippen LogP contribution in [0.1, 0.15) is 40.0 Å². The second-order valence-corrected chi connectivity index (χ2v) is 5.96. The van der Waals surface area contributed by atoms with Crippen LogP contribution < -0.4 is 10.9 Å². The predicted molar refractivity (Wildman–Crippen MR) is 81.0 cm³/mol. The Morgan fingerprint density at radius 1 is 1.47 bits per heavy atom. The maximum absolute atomic E-state index is 12.1. The molecule has 0 saturated heterocycles. The van der Waals surface area contributed by atoms with E-state index in [0.717, 1.165) is 32.4 Å². The van der Waals surface area contributed by atoms with Gasteiger partial charge in [0.15, 0.2) is 5.82 Å². The maximum Gasteiger partial charge on any atom is 0.293 e. The van der Waals surface area contributed by atoms with E-state index in [0.29, 0.717) is 11.7 Å². The van der Waals surface area contributed by atoms with Gasteiger partial charge in [-0.05, 0) is 24.7 Å². The third-order valence-electron chi connectivity index (χ3n) is 3.10. The number of hydrogen-bond donors (Lipinski definition) is 1. The number of aryl methyl sites for hydroxylation is 1. The molecule has 4 nitrogen and oxygen atoms in total. The molecule has 0 spiro atoms. The lowest BCUT2D eigenvalue weighted by Crippen LogP contribution is -2.29. The van der Waals surface area contributed by atoms with Crippen LogP contribution in [0.25, 0.3) is 0 Å². The zero-order valence-electron chi connectivity index (χ0n) is 12.1. The van der Waals surface area contributed by atoms with Crippen molar-refractivity contribution in [3.05, 3.63) is 22.7 Å². The first-order valence-corrected chi connectivity index (χ1v) is 7.39. The summed E-state index contributed by atoms with van der Waals surface area (Å²) in [7, 11) is 0. The smallest absolute Gasteiger partial charge is 0.293 e. The van der Waals surface area contributed by atoms with Gasteiger partial charge in [-0.3, -0.25) is 4.79 Å². The standard InChI is InChI=1S/C14H24ClN3O/c1-4-9-18-10-8-16-12(13(18)19)17-11-14(2,3)6-5-7-15/h8,10H,4-7,9,11H2,1-3H3,(H,16,17). The molecule has 0 fully saturated rings. The summed E-state index contributed by atoms with van der Waals surface area (Å²) in [5.74, 6) is 1.12. The number of anilines is 1. The summed E-state index contributed by atoms with van der Waals surface area (Å²) in [5, 5.41) is 3.17. The van der Waals surface area contributed by atoms with E-state index in [1.807, 2.05) is 0 Å². The maximum atomic E-state index is 12.1. The van der Waals surface area contributed by atoms with Crippen molar-refractivity contribution in [3.8, 4) is 0 Å². The van der Waals surface area contributed by atoms with E-state index in [4.69, 9.17) is 11.6 Å². The van der Waals surface area contributed by atoms with E-state index in [-0.39, 0.29) is 11.0 Å². The molecule has 1 rings (SSSR count). The van der Waals surface area contributed by atoms with Crippen LogP contribution in [0.3, 0.4) is 0 Å². The van der Waals surface area contributed by atoms with Gasteiger partial charge in [0.05, 0.1) is 0 Å². The molecule has 0 radical (unpaired) electrons. The van der Waals surface area contributed by atoms with Gasteiger partial charge in [0.1, 0.15) is 0 Å². The highest BCUT2D eigenvalue weighted by Crippen LogP contribution is 2.22. The average Bonchev–Trinajstić information content (AvgIpc) is 2.38. The minimum atomic E-state index is -0.0440. The van der Waals surface area contributed by atoms with Crippen LogP contribution in [0.5, 0.6) is 0 Å². The van der Waals surface area contributed by atoms with E-state index >= 15 is 0 Å². The number of rotatable bonds is 8. The molecule has 0 aliphatic rings. The lowest BCUT2D eigenvalue weighted by Gasteiger charge is -2.24. The van der Waals surface area contributed by atoms with Crippen molar-refractivity contribution in [2.24, 2.45) is 5.41 Å². The Morgan fingerprint density at radius 2 is 2.21 bits per heavy atom. The lowest BCUT2D eigenvalue weighted by molar-refractivity contribution is 0.355. The topological polar surface area (TPSA) is 46.9 Å². The molecule has 0 amide bonds. The second kappa shape index (κ2) is 7.53. The Bertz CT molecular complexity index is 443. The number of aromatic nitrogens is 2. The molecule has 1 aromatic heterocycles. The fourth-order valence-corrected chi connectivity index (χ4v) is 2.08. The number of nitrogens with one attached hydrogen (secondary N) is 1. The minimum Gasteiger partial charge on any atom is -0.365 e. The fraction of sp³-hybridized carbons (Fsp3) is 0.714. The van der Waals surface area contributed by atoms with Crippen LogP contribution >= 0.6 is 11.6 Å².